The van der Waals surface area contributed by atoms with Crippen LogP contribution in [0, 0.1) is 0 Å². The molecule has 0 bridgehead atoms. The topological polar surface area (TPSA) is 8.17 Å². The largest absolute Gasteiger partial charge is 0.375 e. The highest BCUT2D eigenvalue weighted by molar-refractivity contribution is 7.17. The van der Waals surface area contributed by atoms with Gasteiger partial charge in [-0.2, -0.15) is 0 Å². The van der Waals surface area contributed by atoms with Crippen molar-refractivity contribution in [2.75, 3.05) is 4.90 Å². The summed E-state index contributed by atoms with van der Waals surface area (Å²) in [5.41, 5.74) is 11.8. The minimum Gasteiger partial charge on any atom is -0.375 e. The van der Waals surface area contributed by atoms with Gasteiger partial charge in [0.1, 0.15) is 0 Å². The summed E-state index contributed by atoms with van der Waals surface area (Å²) in [6.07, 6.45) is 0. The van der Waals surface area contributed by atoms with Crippen LogP contribution in [0.3, 0.4) is 0 Å². The highest BCUT2D eigenvalue weighted by Gasteiger charge is 2.43. The summed E-state index contributed by atoms with van der Waals surface area (Å²) in [6, 6.07) is 50.0. The predicted molar refractivity (Wildman–Crippen MR) is 190 cm³/mol. The third kappa shape index (κ3) is 2.82. The lowest BCUT2D eigenvalue weighted by atomic mass is 9.44. The van der Waals surface area contributed by atoms with Gasteiger partial charge in [0.15, 0.2) is 0 Å². The van der Waals surface area contributed by atoms with Crippen molar-refractivity contribution >= 4 is 99.6 Å². The molecule has 4 heteroatoms. The number of para-hydroxylation sites is 2. The van der Waals surface area contributed by atoms with Gasteiger partial charge in [-0.05, 0) is 79.8 Å². The molecule has 0 unspecified atom stereocenters. The number of thiophene rings is 1. The van der Waals surface area contributed by atoms with E-state index in [4.69, 9.17) is 0 Å². The van der Waals surface area contributed by atoms with E-state index in [0.717, 1.165) is 0 Å². The van der Waals surface area contributed by atoms with Crippen molar-refractivity contribution in [2.45, 2.75) is 0 Å². The standard InChI is InChI=1S/C40H23BN2S/c1-2-9-25-20-28(17-16-24(25)8-1)42-35-22-27-11-4-3-10-26(27)21-33(35)41-39-36(42)23-37-31(18-19-44-37)38(39)32-14-7-13-30-29-12-5-6-15-34(29)43(41)40(30)32/h1-23H. The number of anilines is 3. The zero-order chi connectivity index (χ0) is 28.5. The molecule has 0 radical (unpaired) electrons. The fourth-order valence-corrected chi connectivity index (χ4v) is 9.02. The van der Waals surface area contributed by atoms with Crippen LogP contribution < -0.4 is 15.8 Å². The maximum absolute atomic E-state index is 2.65. The van der Waals surface area contributed by atoms with Crippen molar-refractivity contribution in [2.24, 2.45) is 0 Å². The number of nitrogens with zero attached hydrogens (tertiary/aromatic N) is 2. The molecule has 0 aliphatic carbocycles. The Morgan fingerprint density at radius 1 is 0.545 bits per heavy atom. The highest BCUT2D eigenvalue weighted by atomic mass is 32.1. The van der Waals surface area contributed by atoms with Crippen LogP contribution in [-0.2, 0) is 0 Å². The van der Waals surface area contributed by atoms with E-state index < -0.39 is 0 Å². The minimum absolute atomic E-state index is 0.0536. The molecule has 7 aromatic carbocycles. The van der Waals surface area contributed by atoms with Crippen LogP contribution in [0.1, 0.15) is 0 Å². The Hall–Kier alpha value is -5.32. The summed E-state index contributed by atoms with van der Waals surface area (Å²) >= 11 is 1.84. The van der Waals surface area contributed by atoms with Gasteiger partial charge in [0.05, 0.1) is 0 Å². The molecule has 2 nitrogen and oxygen atoms in total. The number of hydrogen-bond acceptors (Lipinski definition) is 2. The molecular weight excluding hydrogens is 551 g/mol. The Labute approximate surface area is 258 Å². The van der Waals surface area contributed by atoms with E-state index in [-0.39, 0.29) is 6.85 Å². The van der Waals surface area contributed by atoms with E-state index in [9.17, 15) is 0 Å². The van der Waals surface area contributed by atoms with Gasteiger partial charge in [-0.25, -0.2) is 0 Å². The fourth-order valence-electron chi connectivity index (χ4n) is 8.19. The Balaban J connectivity index is 1.36. The Morgan fingerprint density at radius 2 is 1.30 bits per heavy atom. The van der Waals surface area contributed by atoms with E-state index in [2.05, 4.69) is 148 Å². The summed E-state index contributed by atoms with van der Waals surface area (Å²) in [7, 11) is 0. The van der Waals surface area contributed by atoms with Gasteiger partial charge in [-0.15, -0.1) is 11.3 Å². The first-order valence-corrected chi connectivity index (χ1v) is 16.1. The average Bonchev–Trinajstić information content (AvgIpc) is 3.68. The first-order valence-electron chi connectivity index (χ1n) is 15.2. The lowest BCUT2D eigenvalue weighted by Crippen LogP contribution is -2.56. The van der Waals surface area contributed by atoms with E-state index in [0.29, 0.717) is 0 Å². The van der Waals surface area contributed by atoms with Crippen molar-refractivity contribution in [3.8, 4) is 11.1 Å². The first kappa shape index (κ1) is 23.2. The molecule has 4 heterocycles. The van der Waals surface area contributed by atoms with Gasteiger partial charge in [0, 0.05) is 54.5 Å². The average molecular weight is 575 g/mol. The molecule has 9 aromatic rings. The van der Waals surface area contributed by atoms with Crippen molar-refractivity contribution in [3.05, 3.63) is 139 Å². The number of aromatic nitrogens is 1. The summed E-state index contributed by atoms with van der Waals surface area (Å²) in [5, 5.41) is 11.3. The van der Waals surface area contributed by atoms with Crippen LogP contribution >= 0.6 is 11.3 Å². The van der Waals surface area contributed by atoms with Crippen LogP contribution in [0.15, 0.2) is 139 Å². The van der Waals surface area contributed by atoms with E-state index >= 15 is 0 Å². The van der Waals surface area contributed by atoms with Crippen molar-refractivity contribution in [1.82, 2.24) is 4.48 Å². The normalized spacial score (nSPS) is 13.4. The summed E-state index contributed by atoms with van der Waals surface area (Å²) in [5.74, 6) is 0. The highest BCUT2D eigenvalue weighted by Crippen LogP contribution is 2.48. The summed E-state index contributed by atoms with van der Waals surface area (Å²) < 4.78 is 3.98. The second-order valence-corrected chi connectivity index (χ2v) is 13.1. The van der Waals surface area contributed by atoms with Crippen LogP contribution in [0.4, 0.5) is 17.1 Å². The Morgan fingerprint density at radius 3 is 2.18 bits per heavy atom. The van der Waals surface area contributed by atoms with Crippen LogP contribution in [-0.4, -0.2) is 11.3 Å². The summed E-state index contributed by atoms with van der Waals surface area (Å²) in [6.45, 7) is 0.0536. The van der Waals surface area contributed by atoms with Gasteiger partial charge in [-0.1, -0.05) is 97.1 Å². The van der Waals surface area contributed by atoms with Crippen molar-refractivity contribution in [3.63, 3.8) is 0 Å². The van der Waals surface area contributed by atoms with E-state index in [1.54, 1.807) is 0 Å². The molecule has 2 aliphatic heterocycles. The van der Waals surface area contributed by atoms with Crippen LogP contribution in [0.5, 0.6) is 0 Å². The van der Waals surface area contributed by atoms with Crippen LogP contribution in [0.25, 0.3) is 64.6 Å². The zero-order valence-corrected chi connectivity index (χ0v) is 24.5. The zero-order valence-electron chi connectivity index (χ0n) is 23.7. The van der Waals surface area contributed by atoms with Gasteiger partial charge in [0.2, 0.25) is 0 Å². The molecule has 0 fully saturated rings. The quantitative estimate of drug-likeness (QED) is 0.177. The maximum atomic E-state index is 2.65. The van der Waals surface area contributed by atoms with Gasteiger partial charge in [-0.3, -0.25) is 0 Å². The molecule has 0 atom stereocenters. The molecule has 2 aliphatic rings. The predicted octanol–water partition coefficient (Wildman–Crippen LogP) is 9.73. The monoisotopic (exact) mass is 574 g/mol. The van der Waals surface area contributed by atoms with Crippen molar-refractivity contribution < 1.29 is 0 Å². The third-order valence-electron chi connectivity index (χ3n) is 9.97. The smallest absolute Gasteiger partial charge is 0.333 e. The van der Waals surface area contributed by atoms with Gasteiger partial charge < -0.3 is 9.38 Å². The molecule has 0 spiro atoms. The number of hydrogen-bond donors (Lipinski definition) is 0. The molecule has 0 amide bonds. The Bertz CT molecular complexity index is 2700. The molecule has 0 saturated heterocycles. The molecular formula is C40H23BN2S. The lowest BCUT2D eigenvalue weighted by Gasteiger charge is -2.41. The molecule has 202 valence electrons. The van der Waals surface area contributed by atoms with Gasteiger partial charge >= 0.3 is 6.85 Å². The van der Waals surface area contributed by atoms with Crippen molar-refractivity contribution in [1.29, 1.82) is 0 Å². The fraction of sp³-hybridized carbons (Fsp3) is 0. The molecule has 44 heavy (non-hydrogen) atoms. The third-order valence-corrected chi connectivity index (χ3v) is 10.8. The molecule has 11 rings (SSSR count). The minimum atomic E-state index is 0.0536. The van der Waals surface area contributed by atoms with Gasteiger partial charge in [0.25, 0.3) is 0 Å². The lowest BCUT2D eigenvalue weighted by molar-refractivity contribution is 1.27. The SMILES string of the molecule is c1ccc2cc(N3c4cc5ccccc5cc4B4c5c3cc3sccc3c5-c3cccc5c6ccccc6n4c35)ccc2c1. The number of rotatable bonds is 1. The van der Waals surface area contributed by atoms with E-state index in [1.807, 2.05) is 11.3 Å². The second-order valence-electron chi connectivity index (χ2n) is 12.1. The molecule has 0 saturated carbocycles. The Kier molecular flexibility index (Phi) is 4.32. The molecule has 2 aromatic heterocycles. The van der Waals surface area contributed by atoms with E-state index in [1.165, 1.54) is 92.6 Å². The second kappa shape index (κ2) is 8.19. The first-order chi connectivity index (χ1) is 21.8. The summed E-state index contributed by atoms with van der Waals surface area (Å²) in [4.78, 5) is 2.54. The van der Waals surface area contributed by atoms with Crippen LogP contribution in [0.2, 0.25) is 0 Å². The number of benzene rings is 7. The number of fused-ring (bicyclic) bond motifs is 11. The molecule has 0 N–H and O–H groups in total. The maximum Gasteiger partial charge on any atom is 0.333 e.